The fraction of sp³-hybridized carbons (Fsp3) is 0.516. The molecule has 0 spiro atoms. The average Bonchev–Trinajstić information content (AvgIpc) is 3.58. The number of amides is 3. The average molecular weight is 538 g/mol. The van der Waals surface area contributed by atoms with E-state index >= 15 is 0 Å². The second-order valence-electron chi connectivity index (χ2n) is 11.6. The maximum atomic E-state index is 14.4. The lowest BCUT2D eigenvalue weighted by molar-refractivity contribution is -0.143. The van der Waals surface area contributed by atoms with Crippen LogP contribution in [0.2, 0.25) is 0 Å². The lowest BCUT2D eigenvalue weighted by Gasteiger charge is -2.35. The van der Waals surface area contributed by atoms with Crippen molar-refractivity contribution in [2.75, 3.05) is 0 Å². The van der Waals surface area contributed by atoms with Crippen LogP contribution in [0.3, 0.4) is 0 Å². The second-order valence-corrected chi connectivity index (χ2v) is 11.6. The molecule has 0 heterocycles. The number of nitrogens with one attached hydrogen (secondary N) is 2. The fourth-order valence-electron chi connectivity index (χ4n) is 4.77. The Bertz CT molecular complexity index is 1110. The minimum absolute atomic E-state index is 0.0463. The lowest BCUT2D eigenvalue weighted by atomic mass is 9.99. The highest BCUT2D eigenvalue weighted by atomic mass is 16.6. The van der Waals surface area contributed by atoms with Crippen molar-refractivity contribution in [3.63, 3.8) is 0 Å². The number of hydrogen-bond donors (Lipinski definition) is 3. The minimum Gasteiger partial charge on any atom is -0.508 e. The molecule has 1 saturated carbocycles. The van der Waals surface area contributed by atoms with E-state index in [1.54, 1.807) is 49.9 Å². The van der Waals surface area contributed by atoms with E-state index in [0.29, 0.717) is 5.56 Å². The SMILES string of the molecule is CCCC(C)NC(=O)C(c1ccccc1)N(C(=O)C(Cc1ccc(O)cc1)NC(=O)OC(C)(C)C)C1CC1C. The molecular weight excluding hydrogens is 494 g/mol. The van der Waals surface area contributed by atoms with E-state index in [1.807, 2.05) is 37.3 Å². The summed E-state index contributed by atoms with van der Waals surface area (Å²) in [4.78, 5) is 42.7. The molecule has 3 N–H and O–H groups in total. The number of phenols is 1. The van der Waals surface area contributed by atoms with Crippen molar-refractivity contribution in [2.24, 2.45) is 5.92 Å². The van der Waals surface area contributed by atoms with Crippen molar-refractivity contribution in [3.05, 3.63) is 65.7 Å². The normalized spacial score (nSPS) is 18.8. The van der Waals surface area contributed by atoms with Crippen molar-refractivity contribution >= 4 is 17.9 Å². The molecule has 3 amide bonds. The van der Waals surface area contributed by atoms with Crippen LogP contribution in [0.25, 0.3) is 0 Å². The van der Waals surface area contributed by atoms with Crippen molar-refractivity contribution in [3.8, 4) is 5.75 Å². The molecule has 39 heavy (non-hydrogen) atoms. The van der Waals surface area contributed by atoms with Crippen molar-refractivity contribution in [1.29, 1.82) is 0 Å². The highest BCUT2D eigenvalue weighted by Crippen LogP contribution is 2.41. The smallest absolute Gasteiger partial charge is 0.408 e. The first-order valence-corrected chi connectivity index (χ1v) is 13.8. The number of ether oxygens (including phenoxy) is 1. The number of aromatic hydroxyl groups is 1. The van der Waals surface area contributed by atoms with Gasteiger partial charge in [0, 0.05) is 18.5 Å². The molecule has 5 atom stereocenters. The number of alkyl carbamates (subject to hydrolysis) is 1. The molecule has 3 rings (SSSR count). The zero-order valence-corrected chi connectivity index (χ0v) is 23.9. The Morgan fingerprint density at radius 2 is 1.67 bits per heavy atom. The van der Waals surface area contributed by atoms with E-state index in [-0.39, 0.29) is 42.0 Å². The van der Waals surface area contributed by atoms with E-state index in [2.05, 4.69) is 24.5 Å². The summed E-state index contributed by atoms with van der Waals surface area (Å²) in [5.74, 6) is -0.264. The molecule has 5 unspecified atom stereocenters. The van der Waals surface area contributed by atoms with Crippen molar-refractivity contribution < 1.29 is 24.2 Å². The van der Waals surface area contributed by atoms with Crippen LogP contribution in [0.5, 0.6) is 5.75 Å². The summed E-state index contributed by atoms with van der Waals surface area (Å²) in [6, 6.07) is 13.8. The van der Waals surface area contributed by atoms with Gasteiger partial charge in [0.25, 0.3) is 0 Å². The fourth-order valence-corrected chi connectivity index (χ4v) is 4.77. The van der Waals surface area contributed by atoms with Crippen LogP contribution in [0, 0.1) is 5.92 Å². The minimum atomic E-state index is -0.982. The van der Waals surface area contributed by atoms with Gasteiger partial charge in [0.15, 0.2) is 0 Å². The quantitative estimate of drug-likeness (QED) is 0.369. The second kappa shape index (κ2) is 13.0. The van der Waals surface area contributed by atoms with Gasteiger partial charge < -0.3 is 25.4 Å². The molecule has 0 radical (unpaired) electrons. The predicted molar refractivity (Wildman–Crippen MR) is 151 cm³/mol. The molecule has 1 aliphatic carbocycles. The van der Waals surface area contributed by atoms with Gasteiger partial charge in [0.1, 0.15) is 23.4 Å². The first kappa shape index (κ1) is 30.0. The number of benzene rings is 2. The van der Waals surface area contributed by atoms with Gasteiger partial charge in [0.05, 0.1) is 0 Å². The van der Waals surface area contributed by atoms with Crippen LogP contribution < -0.4 is 10.6 Å². The Labute approximate surface area is 232 Å². The maximum Gasteiger partial charge on any atom is 0.408 e. The predicted octanol–water partition coefficient (Wildman–Crippen LogP) is 5.11. The van der Waals surface area contributed by atoms with Crippen LogP contribution >= 0.6 is 0 Å². The van der Waals surface area contributed by atoms with Crippen LogP contribution in [0.4, 0.5) is 4.79 Å². The molecule has 2 aromatic carbocycles. The van der Waals surface area contributed by atoms with Crippen LogP contribution in [-0.4, -0.2) is 51.6 Å². The Balaban J connectivity index is 2.01. The largest absolute Gasteiger partial charge is 0.508 e. The molecule has 8 nitrogen and oxygen atoms in total. The van der Waals surface area contributed by atoms with Gasteiger partial charge >= 0.3 is 6.09 Å². The molecule has 2 aromatic rings. The van der Waals surface area contributed by atoms with Crippen molar-refractivity contribution in [2.45, 2.75) is 97.0 Å². The molecule has 0 bridgehead atoms. The molecule has 0 aromatic heterocycles. The standard InChI is InChI=1S/C31H43N3O5/c1-7-11-21(3)32-28(36)27(23-12-9-8-10-13-23)34(26-18-20(26)2)29(37)25(33-30(38)39-31(4,5)6)19-22-14-16-24(35)17-15-22/h8-10,12-17,20-21,25-27,35H,7,11,18-19H2,1-6H3,(H,32,36)(H,33,38). The van der Waals surface area contributed by atoms with E-state index in [1.165, 1.54) is 0 Å². The number of phenolic OH excluding ortho intramolecular Hbond substituents is 1. The molecule has 1 aliphatic rings. The summed E-state index contributed by atoms with van der Waals surface area (Å²) < 4.78 is 5.48. The third-order valence-electron chi connectivity index (χ3n) is 6.80. The van der Waals surface area contributed by atoms with Gasteiger partial charge in [-0.1, -0.05) is 62.7 Å². The topological polar surface area (TPSA) is 108 Å². The van der Waals surface area contributed by atoms with Crippen molar-refractivity contribution in [1.82, 2.24) is 15.5 Å². The summed E-state index contributed by atoms with van der Waals surface area (Å²) in [6.45, 7) is 11.4. The first-order valence-electron chi connectivity index (χ1n) is 13.8. The number of carbonyl (C=O) groups excluding carboxylic acids is 3. The third-order valence-corrected chi connectivity index (χ3v) is 6.80. The Morgan fingerprint density at radius 1 is 1.05 bits per heavy atom. The van der Waals surface area contributed by atoms with Crippen LogP contribution in [0.15, 0.2) is 54.6 Å². The zero-order valence-electron chi connectivity index (χ0n) is 23.9. The van der Waals surface area contributed by atoms with Crippen LogP contribution in [0.1, 0.15) is 78.0 Å². The van der Waals surface area contributed by atoms with E-state index < -0.39 is 23.8 Å². The van der Waals surface area contributed by atoms with Gasteiger partial charge in [-0.2, -0.15) is 0 Å². The van der Waals surface area contributed by atoms with Gasteiger partial charge in [-0.25, -0.2) is 4.79 Å². The summed E-state index contributed by atoms with van der Waals surface area (Å²) in [6.07, 6.45) is 1.98. The molecule has 0 saturated heterocycles. The van der Waals surface area contributed by atoms with Gasteiger partial charge in [-0.3, -0.25) is 9.59 Å². The van der Waals surface area contributed by atoms with E-state index in [9.17, 15) is 19.5 Å². The Kier molecular flexibility index (Phi) is 10.0. The highest BCUT2D eigenvalue weighted by Gasteiger charge is 2.48. The number of nitrogens with zero attached hydrogens (tertiary/aromatic N) is 1. The summed E-state index contributed by atoms with van der Waals surface area (Å²) in [5.41, 5.74) is 0.720. The first-order chi connectivity index (χ1) is 18.4. The van der Waals surface area contributed by atoms with Gasteiger partial charge in [-0.05, 0) is 69.7 Å². The van der Waals surface area contributed by atoms with E-state index in [0.717, 1.165) is 24.8 Å². The number of hydrogen-bond acceptors (Lipinski definition) is 5. The highest BCUT2D eigenvalue weighted by molar-refractivity contribution is 5.93. The van der Waals surface area contributed by atoms with Gasteiger partial charge in [0.2, 0.25) is 11.8 Å². The Hall–Kier alpha value is -3.55. The van der Waals surface area contributed by atoms with Crippen LogP contribution in [-0.2, 0) is 20.7 Å². The molecular formula is C31H43N3O5. The third kappa shape index (κ3) is 8.73. The Morgan fingerprint density at radius 3 is 2.21 bits per heavy atom. The van der Waals surface area contributed by atoms with E-state index in [4.69, 9.17) is 4.74 Å². The maximum absolute atomic E-state index is 14.4. The number of carbonyl (C=O) groups is 3. The zero-order chi connectivity index (χ0) is 28.7. The molecule has 0 aliphatic heterocycles. The lowest BCUT2D eigenvalue weighted by Crippen LogP contribution is -2.55. The summed E-state index contributed by atoms with van der Waals surface area (Å²) in [5, 5.41) is 15.6. The molecule has 1 fully saturated rings. The number of rotatable bonds is 11. The molecule has 8 heteroatoms. The molecule has 212 valence electrons. The summed E-state index contributed by atoms with van der Waals surface area (Å²) in [7, 11) is 0. The monoisotopic (exact) mass is 537 g/mol. The van der Waals surface area contributed by atoms with Gasteiger partial charge in [-0.15, -0.1) is 0 Å². The summed E-state index contributed by atoms with van der Waals surface area (Å²) >= 11 is 0.